The summed E-state index contributed by atoms with van der Waals surface area (Å²) in [5.74, 6) is -0.689. The zero-order chi connectivity index (χ0) is 23.5. The van der Waals surface area contributed by atoms with E-state index in [9.17, 15) is 26.0 Å². The van der Waals surface area contributed by atoms with Gasteiger partial charge in [0.15, 0.2) is 9.84 Å². The molecule has 1 amide bonds. The smallest absolute Gasteiger partial charge is 0.241 e. The summed E-state index contributed by atoms with van der Waals surface area (Å²) in [5.41, 5.74) is 0. The number of ether oxygens (including phenoxy) is 1. The molecule has 12 heteroatoms. The van der Waals surface area contributed by atoms with Gasteiger partial charge in [-0.25, -0.2) is 25.9 Å². The second-order valence-corrected chi connectivity index (χ2v) is 11.6. The van der Waals surface area contributed by atoms with Crippen molar-refractivity contribution in [2.75, 3.05) is 26.7 Å². The van der Waals surface area contributed by atoms with Crippen LogP contribution in [-0.2, 0) is 24.7 Å². The fourth-order valence-electron chi connectivity index (χ4n) is 3.37. The summed E-state index contributed by atoms with van der Waals surface area (Å²) in [6.45, 7) is -0.140. The lowest BCUT2D eigenvalue weighted by Gasteiger charge is -2.31. The summed E-state index contributed by atoms with van der Waals surface area (Å²) in [7, 11) is -6.14. The van der Waals surface area contributed by atoms with E-state index in [4.69, 9.17) is 16.3 Å². The predicted molar refractivity (Wildman–Crippen MR) is 116 cm³/mol. The van der Waals surface area contributed by atoms with Gasteiger partial charge in [0.1, 0.15) is 11.6 Å². The maximum absolute atomic E-state index is 13.2. The van der Waals surface area contributed by atoms with Crippen LogP contribution in [0, 0.1) is 5.82 Å². The van der Waals surface area contributed by atoms with Gasteiger partial charge in [0.25, 0.3) is 0 Å². The van der Waals surface area contributed by atoms with Crippen molar-refractivity contribution in [2.24, 2.45) is 0 Å². The van der Waals surface area contributed by atoms with Crippen molar-refractivity contribution in [3.05, 3.63) is 53.3 Å². The Morgan fingerprint density at radius 2 is 1.69 bits per heavy atom. The molecule has 8 nitrogen and oxygen atoms in total. The third-order valence-corrected chi connectivity index (χ3v) is 9.20. The molecule has 0 unspecified atom stereocenters. The predicted octanol–water partition coefficient (Wildman–Crippen LogP) is 2.23. The average Bonchev–Trinajstić information content (AvgIpc) is 2.79. The van der Waals surface area contributed by atoms with Crippen LogP contribution in [0.4, 0.5) is 4.39 Å². The van der Waals surface area contributed by atoms with Crippen molar-refractivity contribution >= 4 is 37.4 Å². The minimum Gasteiger partial charge on any atom is -0.497 e. The fraction of sp³-hybridized carbons (Fsp3) is 0.350. The minimum atomic E-state index is -4.06. The number of benzene rings is 2. The van der Waals surface area contributed by atoms with Crippen molar-refractivity contribution in [1.29, 1.82) is 0 Å². The first-order chi connectivity index (χ1) is 15.0. The van der Waals surface area contributed by atoms with E-state index < -0.39 is 43.4 Å². The van der Waals surface area contributed by atoms with E-state index in [0.717, 1.165) is 18.2 Å². The number of methoxy groups -OCH3 is 1. The summed E-state index contributed by atoms with van der Waals surface area (Å²) >= 11 is 5.62. The molecule has 0 saturated carbocycles. The Kier molecular flexibility index (Phi) is 7.43. The Morgan fingerprint density at radius 1 is 1.09 bits per heavy atom. The Balaban J connectivity index is 1.57. The van der Waals surface area contributed by atoms with Gasteiger partial charge >= 0.3 is 0 Å². The van der Waals surface area contributed by atoms with Gasteiger partial charge in [-0.2, -0.15) is 0 Å². The normalized spacial score (nSPS) is 15.5. The van der Waals surface area contributed by atoms with Gasteiger partial charge in [-0.15, -0.1) is 0 Å². The lowest BCUT2D eigenvalue weighted by molar-refractivity contribution is -0.130. The van der Waals surface area contributed by atoms with Crippen molar-refractivity contribution in [2.45, 2.75) is 27.9 Å². The van der Waals surface area contributed by atoms with Crippen LogP contribution in [0.15, 0.2) is 52.3 Å². The number of halogens is 2. The summed E-state index contributed by atoms with van der Waals surface area (Å²) in [6, 6.07) is 9.05. The lowest BCUT2D eigenvalue weighted by atomic mass is 10.1. The molecule has 1 fully saturated rings. The molecule has 1 aliphatic heterocycles. The number of sulfonamides is 1. The molecule has 1 heterocycles. The summed E-state index contributed by atoms with van der Waals surface area (Å²) in [6.07, 6.45) is 0.473. The van der Waals surface area contributed by atoms with Crippen LogP contribution in [0.5, 0.6) is 5.75 Å². The third kappa shape index (κ3) is 5.40. The number of rotatable bonds is 7. The van der Waals surface area contributed by atoms with Gasteiger partial charge in [-0.1, -0.05) is 11.6 Å². The van der Waals surface area contributed by atoms with Crippen LogP contribution in [0.2, 0.25) is 5.02 Å². The van der Waals surface area contributed by atoms with Gasteiger partial charge < -0.3 is 9.64 Å². The molecule has 0 atom stereocenters. The number of sulfone groups is 1. The SMILES string of the molecule is COc1ccc(S(=O)(=O)C2CCN(C(=O)CNS(=O)(=O)c3ccc(F)c(Cl)c3)CC2)cc1. The Labute approximate surface area is 191 Å². The topological polar surface area (TPSA) is 110 Å². The minimum absolute atomic E-state index is 0.184. The number of piperidine rings is 1. The maximum Gasteiger partial charge on any atom is 0.241 e. The maximum atomic E-state index is 13.2. The molecule has 0 aromatic heterocycles. The molecule has 0 spiro atoms. The molecule has 2 aromatic carbocycles. The largest absolute Gasteiger partial charge is 0.497 e. The first kappa shape index (κ1) is 24.4. The number of amides is 1. The van der Waals surface area contributed by atoms with Gasteiger partial charge in [0.2, 0.25) is 15.9 Å². The summed E-state index contributed by atoms with van der Waals surface area (Å²) < 4.78 is 70.8. The number of likely N-dealkylation sites (tertiary alicyclic amines) is 1. The van der Waals surface area contributed by atoms with E-state index in [2.05, 4.69) is 4.72 Å². The van der Waals surface area contributed by atoms with Crippen LogP contribution >= 0.6 is 11.6 Å². The highest BCUT2D eigenvalue weighted by atomic mass is 35.5. The second-order valence-electron chi connectivity index (χ2n) is 7.20. The molecule has 2 aromatic rings. The Bertz CT molecular complexity index is 1200. The van der Waals surface area contributed by atoms with Crippen LogP contribution < -0.4 is 9.46 Å². The molecule has 1 aliphatic rings. The first-order valence-electron chi connectivity index (χ1n) is 9.65. The fourth-order valence-corrected chi connectivity index (χ4v) is 6.35. The molecular formula is C20H22ClFN2O6S2. The van der Waals surface area contributed by atoms with E-state index in [-0.39, 0.29) is 40.7 Å². The van der Waals surface area contributed by atoms with Gasteiger partial charge in [0.05, 0.1) is 33.7 Å². The molecule has 0 radical (unpaired) electrons. The van der Waals surface area contributed by atoms with E-state index in [1.807, 2.05) is 0 Å². The molecule has 32 heavy (non-hydrogen) atoms. The van der Waals surface area contributed by atoms with Crippen LogP contribution in [0.25, 0.3) is 0 Å². The molecule has 0 aliphatic carbocycles. The molecule has 3 rings (SSSR count). The Morgan fingerprint density at radius 3 is 2.25 bits per heavy atom. The van der Waals surface area contributed by atoms with E-state index in [1.54, 1.807) is 12.1 Å². The molecule has 1 saturated heterocycles. The number of nitrogens with zero attached hydrogens (tertiary/aromatic N) is 1. The highest BCUT2D eigenvalue weighted by molar-refractivity contribution is 7.92. The summed E-state index contributed by atoms with van der Waals surface area (Å²) in [4.78, 5) is 13.8. The molecule has 174 valence electrons. The molecule has 1 N–H and O–H groups in total. The average molecular weight is 505 g/mol. The highest BCUT2D eigenvalue weighted by Gasteiger charge is 2.33. The third-order valence-electron chi connectivity index (χ3n) is 5.24. The van der Waals surface area contributed by atoms with Gasteiger partial charge in [-0.3, -0.25) is 4.79 Å². The van der Waals surface area contributed by atoms with E-state index in [0.29, 0.717) is 5.75 Å². The number of hydrogen-bond acceptors (Lipinski definition) is 6. The van der Waals surface area contributed by atoms with Crippen LogP contribution in [-0.4, -0.2) is 59.6 Å². The zero-order valence-corrected chi connectivity index (χ0v) is 19.5. The van der Waals surface area contributed by atoms with E-state index in [1.165, 1.54) is 24.1 Å². The van der Waals surface area contributed by atoms with Gasteiger partial charge in [0, 0.05) is 13.1 Å². The monoisotopic (exact) mass is 504 g/mol. The first-order valence-corrected chi connectivity index (χ1v) is 13.1. The van der Waals surface area contributed by atoms with Crippen molar-refractivity contribution in [3.63, 3.8) is 0 Å². The van der Waals surface area contributed by atoms with Crippen molar-refractivity contribution in [3.8, 4) is 5.75 Å². The zero-order valence-electron chi connectivity index (χ0n) is 17.1. The highest BCUT2D eigenvalue weighted by Crippen LogP contribution is 2.26. The number of nitrogens with one attached hydrogen (secondary N) is 1. The quantitative estimate of drug-likeness (QED) is 0.619. The number of carbonyl (C=O) groups is 1. The van der Waals surface area contributed by atoms with Crippen LogP contribution in [0.1, 0.15) is 12.8 Å². The van der Waals surface area contributed by atoms with Crippen molar-refractivity contribution < 1.29 is 30.8 Å². The van der Waals surface area contributed by atoms with Gasteiger partial charge in [-0.05, 0) is 55.3 Å². The van der Waals surface area contributed by atoms with Crippen molar-refractivity contribution in [1.82, 2.24) is 9.62 Å². The Hall–Kier alpha value is -2.21. The molecular weight excluding hydrogens is 483 g/mol. The second kappa shape index (κ2) is 9.74. The van der Waals surface area contributed by atoms with Crippen LogP contribution in [0.3, 0.4) is 0 Å². The lowest BCUT2D eigenvalue weighted by Crippen LogP contribution is -2.46. The van der Waals surface area contributed by atoms with E-state index >= 15 is 0 Å². The molecule has 0 bridgehead atoms. The summed E-state index contributed by atoms with van der Waals surface area (Å²) in [5, 5.41) is -0.989. The standard InChI is InChI=1S/C20H22ClFN2O6S2/c1-30-14-2-4-15(5-3-14)31(26,27)16-8-10-24(11-9-16)20(25)13-23-32(28,29)17-6-7-19(22)18(21)12-17/h2-7,12,16,23H,8-11,13H2,1H3. The number of hydrogen-bond donors (Lipinski definition) is 1. The number of carbonyl (C=O) groups excluding carboxylic acids is 1.